The number of sulfonamides is 1. The maximum atomic E-state index is 13.2. The highest BCUT2D eigenvalue weighted by atomic mass is 32.2. The van der Waals surface area contributed by atoms with Crippen LogP contribution in [0.15, 0.2) is 39.9 Å². The van der Waals surface area contributed by atoms with Crippen molar-refractivity contribution >= 4 is 21.4 Å². The molecule has 0 fully saturated rings. The number of benzene rings is 1. The molecule has 2 aromatic rings. The summed E-state index contributed by atoms with van der Waals surface area (Å²) < 4.78 is 44.7. The van der Waals surface area contributed by atoms with Gasteiger partial charge in [0, 0.05) is 6.54 Å². The van der Waals surface area contributed by atoms with E-state index in [1.54, 1.807) is 0 Å². The molecule has 1 heterocycles. The van der Waals surface area contributed by atoms with E-state index in [0.717, 1.165) is 17.7 Å². The van der Waals surface area contributed by atoms with Gasteiger partial charge >= 0.3 is 0 Å². The van der Waals surface area contributed by atoms with Crippen LogP contribution in [-0.4, -0.2) is 15.5 Å². The van der Waals surface area contributed by atoms with Crippen LogP contribution in [0.5, 0.6) is 5.75 Å². The van der Waals surface area contributed by atoms with Gasteiger partial charge in [-0.2, -0.15) is 11.3 Å². The lowest BCUT2D eigenvalue weighted by Gasteiger charge is -2.10. The summed E-state index contributed by atoms with van der Waals surface area (Å²) in [5, 5.41) is 3.69. The Morgan fingerprint density at radius 1 is 1.37 bits per heavy atom. The van der Waals surface area contributed by atoms with Crippen molar-refractivity contribution in [3.8, 4) is 5.75 Å². The first-order valence-electron chi connectivity index (χ1n) is 5.37. The van der Waals surface area contributed by atoms with Crippen LogP contribution >= 0.6 is 11.3 Å². The van der Waals surface area contributed by atoms with Crippen molar-refractivity contribution in [2.24, 2.45) is 0 Å². The van der Waals surface area contributed by atoms with Gasteiger partial charge in [-0.1, -0.05) is 0 Å². The van der Waals surface area contributed by atoms with Gasteiger partial charge < -0.3 is 4.74 Å². The Hall–Kier alpha value is -1.44. The van der Waals surface area contributed by atoms with Crippen LogP contribution in [0.2, 0.25) is 0 Å². The second-order valence-electron chi connectivity index (χ2n) is 3.75. The molecule has 0 saturated carbocycles. The highest BCUT2D eigenvalue weighted by Crippen LogP contribution is 2.24. The molecule has 0 saturated heterocycles. The Labute approximate surface area is 114 Å². The smallest absolute Gasteiger partial charge is 0.244 e. The molecular weight excluding hydrogens is 289 g/mol. The van der Waals surface area contributed by atoms with Crippen molar-refractivity contribution < 1.29 is 17.5 Å². The van der Waals surface area contributed by atoms with Gasteiger partial charge in [-0.15, -0.1) is 0 Å². The van der Waals surface area contributed by atoms with Gasteiger partial charge in [-0.05, 0) is 40.6 Å². The minimum atomic E-state index is -3.81. The van der Waals surface area contributed by atoms with Crippen LogP contribution in [-0.2, 0) is 16.6 Å². The lowest BCUT2D eigenvalue weighted by Crippen LogP contribution is -2.23. The summed E-state index contributed by atoms with van der Waals surface area (Å²) in [5.41, 5.74) is 0.851. The van der Waals surface area contributed by atoms with Crippen molar-refractivity contribution in [3.63, 3.8) is 0 Å². The molecule has 0 aliphatic carbocycles. The van der Waals surface area contributed by atoms with Crippen LogP contribution in [0.1, 0.15) is 5.56 Å². The quantitative estimate of drug-likeness (QED) is 0.922. The van der Waals surface area contributed by atoms with Crippen molar-refractivity contribution in [1.29, 1.82) is 0 Å². The van der Waals surface area contributed by atoms with Crippen LogP contribution in [0, 0.1) is 5.82 Å². The third kappa shape index (κ3) is 3.31. The molecule has 2 rings (SSSR count). The molecule has 0 spiro atoms. The molecule has 1 N–H and O–H groups in total. The number of hydrogen-bond donors (Lipinski definition) is 1. The monoisotopic (exact) mass is 301 g/mol. The van der Waals surface area contributed by atoms with Gasteiger partial charge in [0.2, 0.25) is 10.0 Å². The van der Waals surface area contributed by atoms with Crippen molar-refractivity contribution in [1.82, 2.24) is 4.72 Å². The Kier molecular flexibility index (Phi) is 4.18. The summed E-state index contributed by atoms with van der Waals surface area (Å²) in [7, 11) is -2.47. The fourth-order valence-corrected chi connectivity index (χ4v) is 3.37. The highest BCUT2D eigenvalue weighted by Gasteiger charge is 2.20. The summed E-state index contributed by atoms with van der Waals surface area (Å²) in [4.78, 5) is -0.203. The summed E-state index contributed by atoms with van der Waals surface area (Å²) in [6.45, 7) is 0.158. The molecule has 0 atom stereocenters. The van der Waals surface area contributed by atoms with Gasteiger partial charge in [-0.25, -0.2) is 17.5 Å². The van der Waals surface area contributed by atoms with E-state index < -0.39 is 15.8 Å². The number of thiophene rings is 1. The minimum absolute atomic E-state index is 0.110. The van der Waals surface area contributed by atoms with E-state index in [0.29, 0.717) is 0 Å². The molecule has 0 aliphatic rings. The average Bonchev–Trinajstić information content (AvgIpc) is 2.89. The average molecular weight is 301 g/mol. The minimum Gasteiger partial charge on any atom is -0.495 e. The molecular formula is C12H12FNO3S2. The van der Waals surface area contributed by atoms with E-state index in [2.05, 4.69) is 4.72 Å². The number of halogens is 1. The van der Waals surface area contributed by atoms with E-state index >= 15 is 0 Å². The molecule has 0 aliphatic heterocycles. The van der Waals surface area contributed by atoms with E-state index in [4.69, 9.17) is 4.74 Å². The predicted octanol–water partition coefficient (Wildman–Crippen LogP) is 2.37. The van der Waals surface area contributed by atoms with Crippen molar-refractivity contribution in [2.45, 2.75) is 11.4 Å². The van der Waals surface area contributed by atoms with Gasteiger partial charge in [0.05, 0.1) is 7.11 Å². The van der Waals surface area contributed by atoms with Crippen LogP contribution in [0.4, 0.5) is 4.39 Å². The first kappa shape index (κ1) is 14.0. The summed E-state index contributed by atoms with van der Waals surface area (Å²) in [6, 6.07) is 5.19. The maximum absolute atomic E-state index is 13.2. The number of ether oxygens (including phenoxy) is 1. The largest absolute Gasteiger partial charge is 0.495 e. The van der Waals surface area contributed by atoms with Gasteiger partial charge in [0.25, 0.3) is 0 Å². The second kappa shape index (κ2) is 5.68. The number of rotatable bonds is 5. The second-order valence-corrected chi connectivity index (χ2v) is 6.27. The molecule has 7 heteroatoms. The van der Waals surface area contributed by atoms with E-state index in [-0.39, 0.29) is 17.2 Å². The lowest BCUT2D eigenvalue weighted by molar-refractivity contribution is 0.400. The third-order valence-corrected chi connectivity index (χ3v) is 4.62. The van der Waals surface area contributed by atoms with Crippen LogP contribution in [0.3, 0.4) is 0 Å². The Bertz CT molecular complexity index is 654. The molecule has 0 radical (unpaired) electrons. The van der Waals surface area contributed by atoms with Crippen molar-refractivity contribution in [3.05, 3.63) is 46.4 Å². The Morgan fingerprint density at radius 3 is 2.79 bits per heavy atom. The zero-order valence-electron chi connectivity index (χ0n) is 10.1. The predicted molar refractivity (Wildman–Crippen MR) is 71.3 cm³/mol. The first-order chi connectivity index (χ1) is 9.03. The standard InChI is InChI=1S/C12H12FNO3S2/c1-17-11-3-2-10(13)6-12(11)19(15,16)14-7-9-4-5-18-8-9/h2-6,8,14H,7H2,1H3. The van der Waals surface area contributed by atoms with Crippen molar-refractivity contribution in [2.75, 3.05) is 7.11 Å². The Balaban J connectivity index is 2.26. The first-order valence-corrected chi connectivity index (χ1v) is 7.80. The molecule has 19 heavy (non-hydrogen) atoms. The summed E-state index contributed by atoms with van der Waals surface area (Å²) in [5.74, 6) is -0.518. The van der Waals surface area contributed by atoms with Gasteiger partial charge in [0.1, 0.15) is 16.5 Å². The molecule has 0 bridgehead atoms. The fraction of sp³-hybridized carbons (Fsp3) is 0.167. The van der Waals surface area contributed by atoms with E-state index in [1.165, 1.54) is 24.5 Å². The molecule has 4 nitrogen and oxygen atoms in total. The molecule has 1 aromatic carbocycles. The fourth-order valence-electron chi connectivity index (χ4n) is 1.51. The summed E-state index contributed by atoms with van der Waals surface area (Å²) >= 11 is 1.48. The molecule has 1 aromatic heterocycles. The van der Waals surface area contributed by atoms with E-state index in [1.807, 2.05) is 16.8 Å². The summed E-state index contributed by atoms with van der Waals surface area (Å²) in [6.07, 6.45) is 0. The maximum Gasteiger partial charge on any atom is 0.244 e. The van der Waals surface area contributed by atoms with Gasteiger partial charge in [-0.3, -0.25) is 0 Å². The number of nitrogens with one attached hydrogen (secondary N) is 1. The third-order valence-electron chi connectivity index (χ3n) is 2.46. The number of hydrogen-bond acceptors (Lipinski definition) is 4. The lowest BCUT2D eigenvalue weighted by atomic mass is 10.3. The molecule has 0 unspecified atom stereocenters. The zero-order chi connectivity index (χ0) is 13.9. The van der Waals surface area contributed by atoms with Crippen LogP contribution < -0.4 is 9.46 Å². The normalized spacial score (nSPS) is 11.5. The zero-order valence-corrected chi connectivity index (χ0v) is 11.7. The SMILES string of the molecule is COc1ccc(F)cc1S(=O)(=O)NCc1ccsc1. The van der Waals surface area contributed by atoms with E-state index in [9.17, 15) is 12.8 Å². The van der Waals surface area contributed by atoms with Crippen LogP contribution in [0.25, 0.3) is 0 Å². The highest BCUT2D eigenvalue weighted by molar-refractivity contribution is 7.89. The van der Waals surface area contributed by atoms with Gasteiger partial charge in [0.15, 0.2) is 0 Å². The molecule has 0 amide bonds. The molecule has 102 valence electrons. The Morgan fingerprint density at radius 2 is 2.16 bits per heavy atom. The number of methoxy groups -OCH3 is 1. The topological polar surface area (TPSA) is 55.4 Å².